The van der Waals surface area contributed by atoms with Gasteiger partial charge in [0.05, 0.1) is 20.1 Å². The Balaban J connectivity index is 1.71. The Morgan fingerprint density at radius 3 is 1.93 bits per heavy atom. The highest BCUT2D eigenvalue weighted by Gasteiger charge is 2.36. The Morgan fingerprint density at radius 2 is 1.43 bits per heavy atom. The monoisotopic (exact) mass is 419 g/mol. The van der Waals surface area contributed by atoms with Crippen LogP contribution in [0.2, 0.25) is 0 Å². The smallest absolute Gasteiger partial charge is 0.235 e. The molecule has 0 spiro atoms. The Bertz CT molecular complexity index is 932. The minimum absolute atomic E-state index is 0.0728. The highest BCUT2D eigenvalue weighted by Crippen LogP contribution is 2.43. The van der Waals surface area contributed by atoms with Crippen LogP contribution in [0.4, 0.5) is 0 Å². The molecule has 1 amide bonds. The molecule has 1 fully saturated rings. The molecule has 1 aliphatic heterocycles. The topological polar surface area (TPSA) is 38.8 Å². The van der Waals surface area contributed by atoms with E-state index in [1.54, 1.807) is 26.0 Å². The van der Waals surface area contributed by atoms with E-state index in [4.69, 9.17) is 9.47 Å². The molecule has 0 unspecified atom stereocenters. The van der Waals surface area contributed by atoms with E-state index in [0.717, 1.165) is 33.9 Å². The maximum atomic E-state index is 13.9. The van der Waals surface area contributed by atoms with E-state index in [1.165, 1.54) is 0 Å². The Hall–Kier alpha value is -2.92. The summed E-state index contributed by atoms with van der Waals surface area (Å²) in [5.74, 6) is 2.14. The fourth-order valence-corrected chi connectivity index (χ4v) is 5.12. The zero-order chi connectivity index (χ0) is 20.9. The third-order valence-corrected chi connectivity index (χ3v) is 6.61. The second-order valence-corrected chi connectivity index (χ2v) is 8.34. The molecular weight excluding hydrogens is 394 g/mol. The van der Waals surface area contributed by atoms with Crippen LogP contribution >= 0.6 is 11.8 Å². The minimum atomic E-state index is -0.332. The van der Waals surface area contributed by atoms with Gasteiger partial charge in [0.25, 0.3) is 0 Å². The molecule has 30 heavy (non-hydrogen) atoms. The van der Waals surface area contributed by atoms with Crippen molar-refractivity contribution in [1.82, 2.24) is 4.90 Å². The van der Waals surface area contributed by atoms with Crippen LogP contribution in [0, 0.1) is 0 Å². The zero-order valence-corrected chi connectivity index (χ0v) is 18.0. The Morgan fingerprint density at radius 1 is 0.900 bits per heavy atom. The van der Waals surface area contributed by atoms with Crippen molar-refractivity contribution in [2.75, 3.05) is 26.5 Å². The molecule has 4 nitrogen and oxygen atoms in total. The highest BCUT2D eigenvalue weighted by molar-refractivity contribution is 7.99. The number of carbonyl (C=O) groups is 1. The SMILES string of the molecule is COc1cc(OC)cc([C@@H]2SCCN2C(=O)C(c2ccccc2)c2ccccc2)c1. The molecule has 1 atom stereocenters. The summed E-state index contributed by atoms with van der Waals surface area (Å²) in [4.78, 5) is 15.9. The summed E-state index contributed by atoms with van der Waals surface area (Å²) < 4.78 is 10.9. The normalized spacial score (nSPS) is 16.0. The Labute approximate surface area is 181 Å². The van der Waals surface area contributed by atoms with Gasteiger partial charge in [0.15, 0.2) is 0 Å². The number of nitrogens with zero attached hydrogens (tertiary/aromatic N) is 1. The number of hydrogen-bond acceptors (Lipinski definition) is 4. The maximum absolute atomic E-state index is 13.9. The molecule has 1 heterocycles. The fourth-order valence-electron chi connectivity index (χ4n) is 3.88. The summed E-state index contributed by atoms with van der Waals surface area (Å²) in [6, 6.07) is 25.9. The van der Waals surface area contributed by atoms with Gasteiger partial charge in [-0.15, -0.1) is 11.8 Å². The van der Waals surface area contributed by atoms with Crippen molar-refractivity contribution in [1.29, 1.82) is 0 Å². The minimum Gasteiger partial charge on any atom is -0.497 e. The first-order valence-corrected chi connectivity index (χ1v) is 11.0. The summed E-state index contributed by atoms with van der Waals surface area (Å²) in [7, 11) is 3.29. The molecule has 3 aromatic carbocycles. The number of rotatable bonds is 6. The number of hydrogen-bond donors (Lipinski definition) is 0. The standard InChI is InChI=1S/C25H25NO3S/c1-28-21-15-20(16-22(17-21)29-2)25-26(13-14-30-25)24(27)23(18-9-5-3-6-10-18)19-11-7-4-8-12-19/h3-12,15-17,23,25H,13-14H2,1-2H3/t25-/m0/s1. The maximum Gasteiger partial charge on any atom is 0.235 e. The van der Waals surface area contributed by atoms with Gasteiger partial charge in [-0.05, 0) is 28.8 Å². The quantitative estimate of drug-likeness (QED) is 0.557. The number of thioether (sulfide) groups is 1. The van der Waals surface area contributed by atoms with E-state index in [0.29, 0.717) is 6.54 Å². The lowest BCUT2D eigenvalue weighted by Gasteiger charge is -2.29. The molecule has 3 aromatic rings. The number of ether oxygens (including phenoxy) is 2. The van der Waals surface area contributed by atoms with Crippen LogP contribution < -0.4 is 9.47 Å². The molecular formula is C25H25NO3S. The van der Waals surface area contributed by atoms with E-state index >= 15 is 0 Å². The average molecular weight is 420 g/mol. The molecule has 1 saturated heterocycles. The Kier molecular flexibility index (Phi) is 6.29. The van der Waals surface area contributed by atoms with E-state index in [2.05, 4.69) is 0 Å². The predicted octanol–water partition coefficient (Wildman–Crippen LogP) is 5.11. The molecule has 4 rings (SSSR count). The van der Waals surface area contributed by atoms with Gasteiger partial charge in [-0.25, -0.2) is 0 Å². The van der Waals surface area contributed by atoms with Crippen LogP contribution in [-0.4, -0.2) is 37.3 Å². The van der Waals surface area contributed by atoms with Crippen molar-refractivity contribution >= 4 is 17.7 Å². The molecule has 0 bridgehead atoms. The molecule has 0 radical (unpaired) electrons. The predicted molar refractivity (Wildman–Crippen MR) is 121 cm³/mol. The first-order valence-electron chi connectivity index (χ1n) is 9.96. The first-order chi connectivity index (χ1) is 14.7. The van der Waals surface area contributed by atoms with Gasteiger partial charge in [-0.1, -0.05) is 60.7 Å². The summed E-state index contributed by atoms with van der Waals surface area (Å²) in [6.07, 6.45) is 0. The van der Waals surface area contributed by atoms with Gasteiger partial charge in [-0.2, -0.15) is 0 Å². The van der Waals surface area contributed by atoms with E-state index in [-0.39, 0.29) is 17.2 Å². The lowest BCUT2D eigenvalue weighted by Crippen LogP contribution is -2.35. The van der Waals surface area contributed by atoms with Crippen LogP contribution in [0.5, 0.6) is 11.5 Å². The van der Waals surface area contributed by atoms with Crippen LogP contribution in [-0.2, 0) is 4.79 Å². The van der Waals surface area contributed by atoms with Crippen LogP contribution in [0.3, 0.4) is 0 Å². The van der Waals surface area contributed by atoms with Gasteiger partial charge in [0, 0.05) is 18.4 Å². The van der Waals surface area contributed by atoms with Crippen molar-refractivity contribution in [3.05, 3.63) is 95.6 Å². The summed E-state index contributed by atoms with van der Waals surface area (Å²) in [5.41, 5.74) is 3.03. The molecule has 154 valence electrons. The largest absolute Gasteiger partial charge is 0.497 e. The van der Waals surface area contributed by atoms with Gasteiger partial charge >= 0.3 is 0 Å². The summed E-state index contributed by atoms with van der Waals surface area (Å²) in [5, 5.41) is -0.0728. The summed E-state index contributed by atoms with van der Waals surface area (Å²) in [6.45, 7) is 0.712. The van der Waals surface area contributed by atoms with Crippen molar-refractivity contribution in [3.63, 3.8) is 0 Å². The number of amides is 1. The third-order valence-electron chi connectivity index (χ3n) is 5.35. The lowest BCUT2D eigenvalue weighted by atomic mass is 9.90. The molecule has 0 saturated carbocycles. The molecule has 0 N–H and O–H groups in total. The summed E-state index contributed by atoms with van der Waals surface area (Å²) >= 11 is 1.77. The zero-order valence-electron chi connectivity index (χ0n) is 17.2. The van der Waals surface area contributed by atoms with E-state index in [1.807, 2.05) is 83.8 Å². The van der Waals surface area contributed by atoms with Gasteiger partial charge < -0.3 is 14.4 Å². The second-order valence-electron chi connectivity index (χ2n) is 7.16. The van der Waals surface area contributed by atoms with E-state index in [9.17, 15) is 4.79 Å². The molecule has 5 heteroatoms. The van der Waals surface area contributed by atoms with Gasteiger partial charge in [0.2, 0.25) is 5.91 Å². The van der Waals surface area contributed by atoms with Crippen LogP contribution in [0.25, 0.3) is 0 Å². The number of benzene rings is 3. The molecule has 0 aliphatic carbocycles. The van der Waals surface area contributed by atoms with Crippen molar-refractivity contribution < 1.29 is 14.3 Å². The molecule has 0 aromatic heterocycles. The van der Waals surface area contributed by atoms with Crippen molar-refractivity contribution in [3.8, 4) is 11.5 Å². The van der Waals surface area contributed by atoms with Crippen LogP contribution in [0.1, 0.15) is 28.0 Å². The molecule has 1 aliphatic rings. The second kappa shape index (κ2) is 9.26. The van der Waals surface area contributed by atoms with Gasteiger partial charge in [-0.3, -0.25) is 4.79 Å². The first kappa shape index (κ1) is 20.4. The van der Waals surface area contributed by atoms with Gasteiger partial charge in [0.1, 0.15) is 16.9 Å². The number of methoxy groups -OCH3 is 2. The number of carbonyl (C=O) groups excluding carboxylic acids is 1. The average Bonchev–Trinajstić information content (AvgIpc) is 3.30. The lowest BCUT2D eigenvalue weighted by molar-refractivity contribution is -0.132. The van der Waals surface area contributed by atoms with Crippen LogP contribution in [0.15, 0.2) is 78.9 Å². The fraction of sp³-hybridized carbons (Fsp3) is 0.240. The van der Waals surface area contributed by atoms with Crippen molar-refractivity contribution in [2.24, 2.45) is 0 Å². The van der Waals surface area contributed by atoms with E-state index < -0.39 is 0 Å². The highest BCUT2D eigenvalue weighted by atomic mass is 32.2. The third kappa shape index (κ3) is 4.17. The van der Waals surface area contributed by atoms with Crippen molar-refractivity contribution in [2.45, 2.75) is 11.3 Å².